The predicted molar refractivity (Wildman–Crippen MR) is 79.3 cm³/mol. The van der Waals surface area contributed by atoms with Gasteiger partial charge in [0.2, 0.25) is 0 Å². The molecule has 5 heteroatoms. The number of benzene rings is 1. The molecule has 2 N–H and O–H groups in total. The van der Waals surface area contributed by atoms with Crippen molar-refractivity contribution in [2.24, 2.45) is 0 Å². The van der Waals surface area contributed by atoms with Crippen LogP contribution in [0.25, 0.3) is 0 Å². The fourth-order valence-corrected chi connectivity index (χ4v) is 2.44. The summed E-state index contributed by atoms with van der Waals surface area (Å²) in [4.78, 5) is 7.36. The molecule has 0 aliphatic heterocycles. The van der Waals surface area contributed by atoms with E-state index in [2.05, 4.69) is 50.3 Å². The summed E-state index contributed by atoms with van der Waals surface area (Å²) >= 11 is 3.51. The maximum Gasteiger partial charge on any atom is 0.133 e. The van der Waals surface area contributed by atoms with E-state index in [0.717, 1.165) is 28.2 Å². The Kier molecular flexibility index (Phi) is 4.61. The molecule has 0 saturated heterocycles. The van der Waals surface area contributed by atoms with E-state index in [1.807, 2.05) is 13.0 Å². The predicted octanol–water partition coefficient (Wildman–Crippen LogP) is 3.34. The third-order valence-corrected chi connectivity index (χ3v) is 3.81. The van der Waals surface area contributed by atoms with Gasteiger partial charge in [-0.05, 0) is 47.5 Å². The van der Waals surface area contributed by atoms with Crippen molar-refractivity contribution < 1.29 is 4.74 Å². The van der Waals surface area contributed by atoms with E-state index in [1.54, 1.807) is 13.4 Å². The molecule has 1 aromatic heterocycles. The summed E-state index contributed by atoms with van der Waals surface area (Å²) in [7, 11) is 1.67. The van der Waals surface area contributed by atoms with Gasteiger partial charge in [-0.1, -0.05) is 6.07 Å². The number of aryl methyl sites for hydroxylation is 1. The van der Waals surface area contributed by atoms with Gasteiger partial charge in [-0.3, -0.25) is 0 Å². The first-order valence-corrected chi connectivity index (χ1v) is 6.96. The Balaban J connectivity index is 2.02. The number of halogens is 1. The van der Waals surface area contributed by atoms with E-state index in [0.29, 0.717) is 0 Å². The van der Waals surface area contributed by atoms with Crippen LogP contribution in [0, 0.1) is 6.92 Å². The zero-order valence-corrected chi connectivity index (χ0v) is 12.9. The number of nitrogens with one attached hydrogen (secondary N) is 2. The normalized spacial score (nSPS) is 12.4. The van der Waals surface area contributed by atoms with Crippen LogP contribution in [-0.2, 0) is 6.54 Å². The number of ether oxygens (including phenoxy) is 1. The number of imidazole rings is 1. The van der Waals surface area contributed by atoms with Crippen molar-refractivity contribution in [2.45, 2.75) is 26.4 Å². The largest absolute Gasteiger partial charge is 0.496 e. The molecule has 0 saturated carbocycles. The van der Waals surface area contributed by atoms with E-state index in [9.17, 15) is 0 Å². The Morgan fingerprint density at radius 3 is 2.84 bits per heavy atom. The van der Waals surface area contributed by atoms with Crippen molar-refractivity contribution in [1.29, 1.82) is 0 Å². The van der Waals surface area contributed by atoms with Crippen LogP contribution in [0.15, 0.2) is 29.0 Å². The van der Waals surface area contributed by atoms with E-state index < -0.39 is 0 Å². The minimum Gasteiger partial charge on any atom is -0.496 e. The highest BCUT2D eigenvalue weighted by Gasteiger charge is 2.09. The SMILES string of the molecule is COc1ccc(C(C)NCc2nc[nH]c2C)cc1Br. The molecule has 1 atom stereocenters. The minimum absolute atomic E-state index is 0.248. The molecule has 0 aliphatic carbocycles. The van der Waals surface area contributed by atoms with E-state index in [-0.39, 0.29) is 6.04 Å². The fourth-order valence-electron chi connectivity index (χ4n) is 1.88. The Bertz CT molecular complexity index is 553. The van der Waals surface area contributed by atoms with Gasteiger partial charge in [-0.15, -0.1) is 0 Å². The number of hydrogen-bond donors (Lipinski definition) is 2. The topological polar surface area (TPSA) is 49.9 Å². The van der Waals surface area contributed by atoms with Crippen molar-refractivity contribution in [3.63, 3.8) is 0 Å². The second-order valence-electron chi connectivity index (χ2n) is 4.47. The average Bonchev–Trinajstić information content (AvgIpc) is 2.81. The quantitative estimate of drug-likeness (QED) is 0.887. The molecule has 2 rings (SSSR count). The minimum atomic E-state index is 0.248. The van der Waals surface area contributed by atoms with Crippen LogP contribution in [0.5, 0.6) is 5.75 Å². The van der Waals surface area contributed by atoms with Gasteiger partial charge in [-0.25, -0.2) is 4.98 Å². The molecule has 1 heterocycles. The van der Waals surface area contributed by atoms with E-state index in [4.69, 9.17) is 4.74 Å². The van der Waals surface area contributed by atoms with Crippen LogP contribution in [0.4, 0.5) is 0 Å². The monoisotopic (exact) mass is 323 g/mol. The standard InChI is InChI=1S/C14H18BrN3O/c1-9(16-7-13-10(2)17-8-18-13)11-4-5-14(19-3)12(15)6-11/h4-6,8-9,16H,7H2,1-3H3,(H,17,18). The van der Waals surface area contributed by atoms with Crippen LogP contribution in [-0.4, -0.2) is 17.1 Å². The molecule has 1 unspecified atom stereocenters. The molecule has 4 nitrogen and oxygen atoms in total. The Morgan fingerprint density at radius 1 is 1.47 bits per heavy atom. The number of rotatable bonds is 5. The molecule has 19 heavy (non-hydrogen) atoms. The summed E-state index contributed by atoms with van der Waals surface area (Å²) in [5.41, 5.74) is 3.37. The number of aromatic amines is 1. The highest BCUT2D eigenvalue weighted by atomic mass is 79.9. The molecule has 0 radical (unpaired) electrons. The fraction of sp³-hybridized carbons (Fsp3) is 0.357. The molecule has 0 fully saturated rings. The highest BCUT2D eigenvalue weighted by molar-refractivity contribution is 9.10. The smallest absolute Gasteiger partial charge is 0.133 e. The molecule has 102 valence electrons. The lowest BCUT2D eigenvalue weighted by molar-refractivity contribution is 0.411. The summed E-state index contributed by atoms with van der Waals surface area (Å²) in [5.74, 6) is 0.846. The molecular formula is C14H18BrN3O. The highest BCUT2D eigenvalue weighted by Crippen LogP contribution is 2.28. The maximum absolute atomic E-state index is 5.23. The van der Waals surface area contributed by atoms with Crippen LogP contribution in [0.2, 0.25) is 0 Å². The zero-order valence-electron chi connectivity index (χ0n) is 11.3. The second kappa shape index (κ2) is 6.21. The lowest BCUT2D eigenvalue weighted by Gasteiger charge is -2.15. The Morgan fingerprint density at radius 2 is 2.26 bits per heavy atom. The average molecular weight is 324 g/mol. The Labute approximate surface area is 121 Å². The summed E-state index contributed by atoms with van der Waals surface area (Å²) in [6, 6.07) is 6.36. The van der Waals surface area contributed by atoms with Crippen LogP contribution in [0.3, 0.4) is 0 Å². The van der Waals surface area contributed by atoms with Gasteiger partial charge in [0, 0.05) is 18.3 Å². The van der Waals surface area contributed by atoms with Gasteiger partial charge in [0.1, 0.15) is 5.75 Å². The van der Waals surface area contributed by atoms with Crippen molar-refractivity contribution in [1.82, 2.24) is 15.3 Å². The van der Waals surface area contributed by atoms with E-state index >= 15 is 0 Å². The molecule has 0 amide bonds. The van der Waals surface area contributed by atoms with Gasteiger partial charge in [0.05, 0.1) is 23.6 Å². The molecule has 1 aromatic carbocycles. The summed E-state index contributed by atoms with van der Waals surface area (Å²) in [6.07, 6.45) is 1.72. The Hall–Kier alpha value is -1.33. The van der Waals surface area contributed by atoms with Gasteiger partial charge < -0.3 is 15.0 Å². The van der Waals surface area contributed by atoms with Crippen molar-refractivity contribution in [2.75, 3.05) is 7.11 Å². The summed E-state index contributed by atoms with van der Waals surface area (Å²) < 4.78 is 6.20. The molecule has 0 spiro atoms. The molecular weight excluding hydrogens is 306 g/mol. The third kappa shape index (κ3) is 3.36. The zero-order chi connectivity index (χ0) is 13.8. The second-order valence-corrected chi connectivity index (χ2v) is 5.33. The number of hydrogen-bond acceptors (Lipinski definition) is 3. The van der Waals surface area contributed by atoms with Crippen molar-refractivity contribution in [3.8, 4) is 5.75 Å². The lowest BCUT2D eigenvalue weighted by atomic mass is 10.1. The number of nitrogens with zero attached hydrogens (tertiary/aromatic N) is 1. The van der Waals surface area contributed by atoms with E-state index in [1.165, 1.54) is 5.56 Å². The molecule has 2 aromatic rings. The van der Waals surface area contributed by atoms with Gasteiger partial charge in [-0.2, -0.15) is 0 Å². The number of H-pyrrole nitrogens is 1. The molecule has 0 aliphatic rings. The van der Waals surface area contributed by atoms with Crippen molar-refractivity contribution in [3.05, 3.63) is 46.0 Å². The van der Waals surface area contributed by atoms with Crippen LogP contribution < -0.4 is 10.1 Å². The summed E-state index contributed by atoms with van der Waals surface area (Å²) in [5, 5.41) is 3.46. The van der Waals surface area contributed by atoms with Gasteiger partial charge in [0.15, 0.2) is 0 Å². The maximum atomic E-state index is 5.23. The summed E-state index contributed by atoms with van der Waals surface area (Å²) in [6.45, 7) is 4.91. The van der Waals surface area contributed by atoms with Gasteiger partial charge in [0.25, 0.3) is 0 Å². The number of aromatic nitrogens is 2. The van der Waals surface area contributed by atoms with Crippen LogP contribution in [0.1, 0.15) is 29.9 Å². The van der Waals surface area contributed by atoms with Crippen LogP contribution >= 0.6 is 15.9 Å². The van der Waals surface area contributed by atoms with Gasteiger partial charge >= 0.3 is 0 Å². The van der Waals surface area contributed by atoms with Crippen molar-refractivity contribution >= 4 is 15.9 Å². The lowest BCUT2D eigenvalue weighted by Crippen LogP contribution is -2.18. The first-order chi connectivity index (χ1) is 9.11. The first-order valence-electron chi connectivity index (χ1n) is 6.17. The number of methoxy groups -OCH3 is 1. The molecule has 0 bridgehead atoms. The first kappa shape index (κ1) is 14.1. The third-order valence-electron chi connectivity index (χ3n) is 3.19.